The third-order valence-corrected chi connectivity index (χ3v) is 3.18. The molecule has 0 radical (unpaired) electrons. The number of aromatic amines is 1. The molecule has 1 N–H and O–H groups in total. The molecular weight excluding hydrogens is 234 g/mol. The van der Waals surface area contributed by atoms with Crippen molar-refractivity contribution in [2.24, 2.45) is 0 Å². The van der Waals surface area contributed by atoms with Crippen LogP contribution in [0.2, 0.25) is 0 Å². The summed E-state index contributed by atoms with van der Waals surface area (Å²) in [6.07, 6.45) is 3.76. The highest BCUT2D eigenvalue weighted by atomic mass is 32.2. The van der Waals surface area contributed by atoms with Gasteiger partial charge in [0.1, 0.15) is 0 Å². The third-order valence-electron chi connectivity index (χ3n) is 2.43. The molecule has 0 unspecified atom stereocenters. The molecule has 2 aromatic heterocycles. The minimum atomic E-state index is 0.537. The third kappa shape index (κ3) is 1.87. The summed E-state index contributed by atoms with van der Waals surface area (Å²) >= 11 is 1.71. The van der Waals surface area contributed by atoms with E-state index in [0.717, 1.165) is 11.3 Å². The molecule has 1 aromatic carbocycles. The van der Waals surface area contributed by atoms with Gasteiger partial charge in [0.2, 0.25) is 11.3 Å². The number of H-pyrrole nitrogens is 1. The van der Waals surface area contributed by atoms with Crippen LogP contribution < -0.4 is 0 Å². The van der Waals surface area contributed by atoms with Crippen molar-refractivity contribution in [2.75, 3.05) is 6.26 Å². The SMILES string of the molecule is CSc1ccc(-c2cnc3n[nH]nc3n2)cc1. The van der Waals surface area contributed by atoms with Gasteiger partial charge in [0.25, 0.3) is 0 Å². The van der Waals surface area contributed by atoms with E-state index in [1.54, 1.807) is 18.0 Å². The predicted molar refractivity (Wildman–Crippen MR) is 66.7 cm³/mol. The van der Waals surface area contributed by atoms with Crippen LogP contribution in [0.4, 0.5) is 0 Å². The summed E-state index contributed by atoms with van der Waals surface area (Å²) in [5.74, 6) is 0. The Morgan fingerprint density at radius 1 is 1.06 bits per heavy atom. The summed E-state index contributed by atoms with van der Waals surface area (Å²) < 4.78 is 0. The summed E-state index contributed by atoms with van der Waals surface area (Å²) in [5.41, 5.74) is 2.91. The van der Waals surface area contributed by atoms with E-state index in [0.29, 0.717) is 11.3 Å². The maximum absolute atomic E-state index is 4.39. The average Bonchev–Trinajstić information content (AvgIpc) is 2.86. The van der Waals surface area contributed by atoms with Crippen LogP contribution in [0, 0.1) is 0 Å². The largest absolute Gasteiger partial charge is 0.230 e. The number of benzene rings is 1. The zero-order valence-corrected chi connectivity index (χ0v) is 9.90. The summed E-state index contributed by atoms with van der Waals surface area (Å²) in [6.45, 7) is 0. The molecule has 0 spiro atoms. The first-order chi connectivity index (χ1) is 8.36. The highest BCUT2D eigenvalue weighted by molar-refractivity contribution is 7.98. The smallest absolute Gasteiger partial charge is 0.221 e. The van der Waals surface area contributed by atoms with Gasteiger partial charge in [-0.25, -0.2) is 9.97 Å². The fourth-order valence-corrected chi connectivity index (χ4v) is 1.96. The van der Waals surface area contributed by atoms with E-state index in [1.165, 1.54) is 4.90 Å². The number of fused-ring (bicyclic) bond motifs is 1. The maximum Gasteiger partial charge on any atom is 0.221 e. The molecular formula is C11H9N5S. The van der Waals surface area contributed by atoms with E-state index < -0.39 is 0 Å². The van der Waals surface area contributed by atoms with E-state index >= 15 is 0 Å². The van der Waals surface area contributed by atoms with Gasteiger partial charge < -0.3 is 0 Å². The maximum atomic E-state index is 4.39. The van der Waals surface area contributed by atoms with Crippen molar-refractivity contribution in [2.45, 2.75) is 4.90 Å². The molecule has 0 bridgehead atoms. The number of nitrogens with zero attached hydrogens (tertiary/aromatic N) is 4. The van der Waals surface area contributed by atoms with Gasteiger partial charge in [0.15, 0.2) is 0 Å². The number of nitrogens with one attached hydrogen (secondary N) is 1. The Bertz CT molecular complexity index is 646. The van der Waals surface area contributed by atoms with Crippen LogP contribution >= 0.6 is 11.8 Å². The second-order valence-electron chi connectivity index (χ2n) is 3.45. The summed E-state index contributed by atoms with van der Waals surface area (Å²) in [5, 5.41) is 10.3. The molecule has 0 aliphatic rings. The lowest BCUT2D eigenvalue weighted by Crippen LogP contribution is -1.87. The van der Waals surface area contributed by atoms with Crippen LogP contribution in [0.25, 0.3) is 22.6 Å². The first kappa shape index (κ1) is 10.2. The number of thioether (sulfide) groups is 1. The fraction of sp³-hybridized carbons (Fsp3) is 0.0909. The van der Waals surface area contributed by atoms with Gasteiger partial charge in [0, 0.05) is 10.5 Å². The van der Waals surface area contributed by atoms with Crippen molar-refractivity contribution >= 4 is 23.1 Å². The van der Waals surface area contributed by atoms with Gasteiger partial charge in [0.05, 0.1) is 11.9 Å². The molecule has 0 fully saturated rings. The number of hydrogen-bond donors (Lipinski definition) is 1. The molecule has 6 heteroatoms. The highest BCUT2D eigenvalue weighted by Gasteiger charge is 2.05. The van der Waals surface area contributed by atoms with Crippen LogP contribution in [-0.2, 0) is 0 Å². The average molecular weight is 243 g/mol. The Morgan fingerprint density at radius 2 is 1.82 bits per heavy atom. The van der Waals surface area contributed by atoms with Crippen LogP contribution in [0.1, 0.15) is 0 Å². The Hall–Kier alpha value is -1.95. The van der Waals surface area contributed by atoms with Crippen molar-refractivity contribution in [3.63, 3.8) is 0 Å². The first-order valence-corrected chi connectivity index (χ1v) is 6.27. The Labute approximate surface area is 102 Å². The quantitative estimate of drug-likeness (QED) is 0.698. The van der Waals surface area contributed by atoms with Crippen LogP contribution in [0.3, 0.4) is 0 Å². The van der Waals surface area contributed by atoms with E-state index in [-0.39, 0.29) is 0 Å². The molecule has 3 rings (SSSR count). The summed E-state index contributed by atoms with van der Waals surface area (Å²) in [4.78, 5) is 9.80. The van der Waals surface area contributed by atoms with Crippen molar-refractivity contribution in [3.8, 4) is 11.3 Å². The van der Waals surface area contributed by atoms with Gasteiger partial charge in [-0.05, 0) is 18.4 Å². The molecule has 17 heavy (non-hydrogen) atoms. The molecule has 0 saturated heterocycles. The minimum absolute atomic E-state index is 0.537. The van der Waals surface area contributed by atoms with E-state index in [9.17, 15) is 0 Å². The zero-order valence-electron chi connectivity index (χ0n) is 9.08. The monoisotopic (exact) mass is 243 g/mol. The molecule has 5 nitrogen and oxygen atoms in total. The predicted octanol–water partition coefficient (Wildman–Crippen LogP) is 2.14. The van der Waals surface area contributed by atoms with Crippen molar-refractivity contribution in [1.82, 2.24) is 25.4 Å². The highest BCUT2D eigenvalue weighted by Crippen LogP contribution is 2.21. The number of rotatable bonds is 2. The lowest BCUT2D eigenvalue weighted by Gasteiger charge is -2.00. The van der Waals surface area contributed by atoms with Gasteiger partial charge in [-0.1, -0.05) is 12.1 Å². The molecule has 2 heterocycles. The second kappa shape index (κ2) is 4.14. The molecule has 0 atom stereocenters. The Balaban J connectivity index is 2.06. The van der Waals surface area contributed by atoms with Crippen LogP contribution in [0.5, 0.6) is 0 Å². The van der Waals surface area contributed by atoms with Gasteiger partial charge in [-0.15, -0.1) is 22.0 Å². The van der Waals surface area contributed by atoms with E-state index in [1.807, 2.05) is 12.1 Å². The fourth-order valence-electron chi connectivity index (χ4n) is 1.55. The topological polar surface area (TPSA) is 67.3 Å². The van der Waals surface area contributed by atoms with E-state index in [4.69, 9.17) is 0 Å². The van der Waals surface area contributed by atoms with Crippen LogP contribution in [0.15, 0.2) is 35.4 Å². The molecule has 0 saturated carbocycles. The van der Waals surface area contributed by atoms with Crippen molar-refractivity contribution in [1.29, 1.82) is 0 Å². The standard InChI is InChI=1S/C11H9N5S/c1-17-8-4-2-7(3-5-8)9-6-12-10-11(13-9)15-16-14-10/h2-6H,1H3,(H,12,13,14,15,16). The Morgan fingerprint density at radius 3 is 2.59 bits per heavy atom. The first-order valence-electron chi connectivity index (χ1n) is 5.05. The normalized spacial score (nSPS) is 10.9. The van der Waals surface area contributed by atoms with E-state index in [2.05, 4.69) is 43.8 Å². The molecule has 84 valence electrons. The van der Waals surface area contributed by atoms with Crippen molar-refractivity contribution < 1.29 is 0 Å². The number of aromatic nitrogens is 5. The van der Waals surface area contributed by atoms with Crippen molar-refractivity contribution in [3.05, 3.63) is 30.5 Å². The number of hydrogen-bond acceptors (Lipinski definition) is 5. The summed E-state index contributed by atoms with van der Waals surface area (Å²) in [6, 6.07) is 8.19. The zero-order chi connectivity index (χ0) is 11.7. The minimum Gasteiger partial charge on any atom is -0.230 e. The van der Waals surface area contributed by atoms with Gasteiger partial charge in [-0.3, -0.25) is 0 Å². The molecule has 0 aliphatic heterocycles. The lowest BCUT2D eigenvalue weighted by atomic mass is 10.2. The second-order valence-corrected chi connectivity index (χ2v) is 4.33. The molecule has 3 aromatic rings. The lowest BCUT2D eigenvalue weighted by molar-refractivity contribution is 0.951. The van der Waals surface area contributed by atoms with Gasteiger partial charge in [-0.2, -0.15) is 5.21 Å². The molecule has 0 amide bonds. The molecule has 0 aliphatic carbocycles. The Kier molecular flexibility index (Phi) is 2.49. The van der Waals surface area contributed by atoms with Crippen LogP contribution in [-0.4, -0.2) is 31.6 Å². The van der Waals surface area contributed by atoms with Gasteiger partial charge >= 0.3 is 0 Å². The summed E-state index contributed by atoms with van der Waals surface area (Å²) in [7, 11) is 0.